The molecule has 1 aliphatic heterocycles. The van der Waals surface area contributed by atoms with E-state index in [4.69, 9.17) is 9.26 Å². The average molecular weight is 390 g/mol. The molecule has 1 atom stereocenters. The molecule has 1 aliphatic carbocycles. The molecule has 2 aromatic rings. The fraction of sp³-hybridized carbons (Fsp3) is 0.650. The molecule has 1 saturated heterocycles. The Balaban J connectivity index is 1.25. The van der Waals surface area contributed by atoms with Crippen LogP contribution >= 0.6 is 11.3 Å². The summed E-state index contributed by atoms with van der Waals surface area (Å²) in [6.45, 7) is 4.87. The molecular weight excluding hydrogens is 362 g/mol. The number of likely N-dealkylation sites (tertiary alicyclic amines) is 1. The van der Waals surface area contributed by atoms with Crippen molar-refractivity contribution in [2.45, 2.75) is 51.4 Å². The third-order valence-corrected chi connectivity index (χ3v) is 6.67. The van der Waals surface area contributed by atoms with E-state index in [0.29, 0.717) is 31.3 Å². The number of nitrogens with zero attached hydrogens (tertiary/aromatic N) is 3. The Morgan fingerprint density at radius 3 is 3.00 bits per heavy atom. The van der Waals surface area contributed by atoms with E-state index in [0.717, 1.165) is 35.9 Å². The van der Waals surface area contributed by atoms with E-state index in [2.05, 4.69) is 10.1 Å². The molecular formula is C20H27N3O3S. The monoisotopic (exact) mass is 389 g/mol. The number of rotatable bonds is 7. The number of thiophene rings is 1. The Morgan fingerprint density at radius 2 is 2.22 bits per heavy atom. The molecule has 0 spiro atoms. The van der Waals surface area contributed by atoms with Gasteiger partial charge in [0.2, 0.25) is 5.89 Å². The smallest absolute Gasteiger partial charge is 0.264 e. The number of hydrogen-bond acceptors (Lipinski definition) is 6. The Kier molecular flexibility index (Phi) is 5.88. The van der Waals surface area contributed by atoms with Crippen LogP contribution in [0.15, 0.2) is 16.0 Å². The van der Waals surface area contributed by atoms with Gasteiger partial charge in [-0.1, -0.05) is 18.0 Å². The summed E-state index contributed by atoms with van der Waals surface area (Å²) in [7, 11) is 0. The molecule has 6 nitrogen and oxygen atoms in total. The lowest BCUT2D eigenvalue weighted by molar-refractivity contribution is 0.0793. The average Bonchev–Trinajstić information content (AvgIpc) is 3.45. The molecule has 7 heteroatoms. The van der Waals surface area contributed by atoms with Gasteiger partial charge in [0.25, 0.3) is 5.91 Å². The lowest BCUT2D eigenvalue weighted by atomic mass is 10.1. The van der Waals surface area contributed by atoms with E-state index in [1.807, 2.05) is 23.3 Å². The summed E-state index contributed by atoms with van der Waals surface area (Å²) in [5.41, 5.74) is 1.05. The highest BCUT2D eigenvalue weighted by atomic mass is 32.1. The van der Waals surface area contributed by atoms with Crippen LogP contribution in [-0.4, -0.2) is 47.3 Å². The Hall–Kier alpha value is -1.73. The van der Waals surface area contributed by atoms with Gasteiger partial charge in [0.15, 0.2) is 5.82 Å². The summed E-state index contributed by atoms with van der Waals surface area (Å²) in [5.74, 6) is 2.34. The molecule has 1 amide bonds. The van der Waals surface area contributed by atoms with Gasteiger partial charge >= 0.3 is 0 Å². The molecule has 0 aromatic carbocycles. The molecule has 3 heterocycles. The van der Waals surface area contributed by atoms with Crippen LogP contribution in [0, 0.1) is 12.8 Å². The highest BCUT2D eigenvalue weighted by Crippen LogP contribution is 2.29. The molecule has 0 N–H and O–H groups in total. The van der Waals surface area contributed by atoms with Gasteiger partial charge in [0, 0.05) is 26.1 Å². The van der Waals surface area contributed by atoms with Gasteiger partial charge in [0.1, 0.15) is 0 Å². The van der Waals surface area contributed by atoms with E-state index in [9.17, 15) is 4.79 Å². The second-order valence-corrected chi connectivity index (χ2v) is 8.61. The topological polar surface area (TPSA) is 68.5 Å². The van der Waals surface area contributed by atoms with Crippen LogP contribution in [0.3, 0.4) is 0 Å². The first kappa shape index (κ1) is 18.6. The summed E-state index contributed by atoms with van der Waals surface area (Å²) in [5, 5.41) is 6.06. The molecule has 1 unspecified atom stereocenters. The van der Waals surface area contributed by atoms with Crippen molar-refractivity contribution in [1.29, 1.82) is 0 Å². The summed E-state index contributed by atoms with van der Waals surface area (Å²) in [6, 6.07) is 1.99. The predicted octanol–water partition coefficient (Wildman–Crippen LogP) is 3.82. The third-order valence-electron chi connectivity index (χ3n) is 5.66. The molecule has 4 rings (SSSR count). The first-order valence-electron chi connectivity index (χ1n) is 9.94. The van der Waals surface area contributed by atoms with E-state index < -0.39 is 0 Å². The fourth-order valence-electron chi connectivity index (χ4n) is 4.01. The van der Waals surface area contributed by atoms with E-state index in [1.54, 1.807) is 0 Å². The van der Waals surface area contributed by atoms with Crippen molar-refractivity contribution in [3.8, 4) is 0 Å². The number of carbonyl (C=O) groups excluding carboxylic acids is 1. The van der Waals surface area contributed by atoms with Crippen LogP contribution in [-0.2, 0) is 11.2 Å². The lowest BCUT2D eigenvalue weighted by Gasteiger charge is -2.15. The summed E-state index contributed by atoms with van der Waals surface area (Å²) >= 11 is 1.51. The van der Waals surface area contributed by atoms with Crippen LogP contribution in [0.2, 0.25) is 0 Å². The minimum atomic E-state index is 0.116. The van der Waals surface area contributed by atoms with Gasteiger partial charge in [-0.2, -0.15) is 4.98 Å². The van der Waals surface area contributed by atoms with Crippen molar-refractivity contribution >= 4 is 17.2 Å². The van der Waals surface area contributed by atoms with Crippen molar-refractivity contribution in [1.82, 2.24) is 15.0 Å². The maximum atomic E-state index is 12.6. The fourth-order valence-corrected chi connectivity index (χ4v) is 4.90. The van der Waals surface area contributed by atoms with Gasteiger partial charge in [0.05, 0.1) is 17.4 Å². The highest BCUT2D eigenvalue weighted by molar-refractivity contribution is 7.12. The number of aryl methyl sites for hydroxylation is 1. The Morgan fingerprint density at radius 1 is 1.37 bits per heavy atom. The minimum Gasteiger partial charge on any atom is -0.381 e. The van der Waals surface area contributed by atoms with Gasteiger partial charge in [-0.15, -0.1) is 11.3 Å². The summed E-state index contributed by atoms with van der Waals surface area (Å²) in [4.78, 5) is 19.9. The zero-order chi connectivity index (χ0) is 18.6. The SMILES string of the molecule is Cc1ccsc1C(=O)N1CCC(c2nc(CCOCC3CCCC3)no2)C1. The highest BCUT2D eigenvalue weighted by Gasteiger charge is 2.32. The third kappa shape index (κ3) is 4.41. The first-order valence-corrected chi connectivity index (χ1v) is 10.8. The normalized spacial score (nSPS) is 20.6. The Labute approximate surface area is 163 Å². The standard InChI is InChI=1S/C20H27N3O3S/c1-14-8-11-27-18(14)20(24)23-9-6-16(12-23)19-21-17(22-26-19)7-10-25-13-15-4-2-3-5-15/h8,11,15-16H,2-7,9-10,12-13H2,1H3. The zero-order valence-corrected chi connectivity index (χ0v) is 16.7. The minimum absolute atomic E-state index is 0.116. The molecule has 146 valence electrons. The van der Waals surface area contributed by atoms with E-state index in [1.165, 1.54) is 37.0 Å². The Bertz CT molecular complexity index is 766. The van der Waals surface area contributed by atoms with Gasteiger partial charge < -0.3 is 14.2 Å². The van der Waals surface area contributed by atoms with E-state index in [-0.39, 0.29) is 11.8 Å². The van der Waals surface area contributed by atoms with Gasteiger partial charge in [-0.05, 0) is 49.1 Å². The van der Waals surface area contributed by atoms with E-state index >= 15 is 0 Å². The number of amides is 1. The first-order chi connectivity index (χ1) is 13.2. The molecule has 0 radical (unpaired) electrons. The number of hydrogen-bond donors (Lipinski definition) is 0. The second-order valence-electron chi connectivity index (χ2n) is 7.69. The number of carbonyl (C=O) groups is 1. The maximum Gasteiger partial charge on any atom is 0.264 e. The molecule has 2 aromatic heterocycles. The zero-order valence-electron chi connectivity index (χ0n) is 15.9. The van der Waals surface area contributed by atoms with Crippen LogP contribution in [0.25, 0.3) is 0 Å². The van der Waals surface area contributed by atoms with Crippen molar-refractivity contribution in [3.05, 3.63) is 33.6 Å². The van der Waals surface area contributed by atoms with Gasteiger partial charge in [-0.25, -0.2) is 0 Å². The second kappa shape index (κ2) is 8.52. The van der Waals surface area contributed by atoms with Crippen molar-refractivity contribution in [3.63, 3.8) is 0 Å². The van der Waals surface area contributed by atoms with Crippen LogP contribution in [0.4, 0.5) is 0 Å². The number of ether oxygens (including phenoxy) is 1. The van der Waals surface area contributed by atoms with Crippen molar-refractivity contribution in [2.75, 3.05) is 26.3 Å². The quantitative estimate of drug-likeness (QED) is 0.674. The molecule has 27 heavy (non-hydrogen) atoms. The molecule has 0 bridgehead atoms. The molecule has 1 saturated carbocycles. The summed E-state index contributed by atoms with van der Waals surface area (Å²) in [6.07, 6.45) is 6.84. The predicted molar refractivity (Wildman–Crippen MR) is 103 cm³/mol. The number of aromatic nitrogens is 2. The lowest BCUT2D eigenvalue weighted by Crippen LogP contribution is -2.28. The molecule has 2 fully saturated rings. The maximum absolute atomic E-state index is 12.6. The largest absolute Gasteiger partial charge is 0.381 e. The van der Waals surface area contributed by atoms with Crippen molar-refractivity contribution in [2.24, 2.45) is 5.92 Å². The van der Waals surface area contributed by atoms with Gasteiger partial charge in [-0.3, -0.25) is 4.79 Å². The summed E-state index contributed by atoms with van der Waals surface area (Å²) < 4.78 is 11.3. The van der Waals surface area contributed by atoms with Crippen molar-refractivity contribution < 1.29 is 14.1 Å². The van der Waals surface area contributed by atoms with Crippen LogP contribution in [0.5, 0.6) is 0 Å². The van der Waals surface area contributed by atoms with Crippen LogP contribution < -0.4 is 0 Å². The molecule has 2 aliphatic rings. The van der Waals surface area contributed by atoms with Crippen LogP contribution in [0.1, 0.15) is 65.0 Å².